The van der Waals surface area contributed by atoms with Gasteiger partial charge in [-0.25, -0.2) is 0 Å². The molecule has 0 amide bonds. The molecule has 3 heteroatoms. The Labute approximate surface area is 101 Å². The zero-order valence-electron chi connectivity index (χ0n) is 9.07. The predicted molar refractivity (Wildman–Crippen MR) is 70.0 cm³/mol. The van der Waals surface area contributed by atoms with Crippen LogP contribution in [0.2, 0.25) is 5.02 Å². The SMILES string of the molecule is Clc1ccc(NN=CC2CC=CCC2)cc1. The van der Waals surface area contributed by atoms with Crippen molar-refractivity contribution in [3.05, 3.63) is 41.4 Å². The predicted octanol–water partition coefficient (Wildman–Crippen LogP) is 4.09. The number of halogens is 1. The van der Waals surface area contributed by atoms with Crippen molar-refractivity contribution < 1.29 is 0 Å². The van der Waals surface area contributed by atoms with Crippen LogP contribution in [0.1, 0.15) is 19.3 Å². The van der Waals surface area contributed by atoms with Crippen molar-refractivity contribution in [3.63, 3.8) is 0 Å². The Balaban J connectivity index is 1.84. The molecule has 1 atom stereocenters. The van der Waals surface area contributed by atoms with E-state index in [2.05, 4.69) is 22.7 Å². The lowest BCUT2D eigenvalue weighted by Gasteiger charge is -2.11. The van der Waals surface area contributed by atoms with E-state index < -0.39 is 0 Å². The molecule has 1 aromatic rings. The van der Waals surface area contributed by atoms with Crippen molar-refractivity contribution >= 4 is 23.5 Å². The van der Waals surface area contributed by atoms with Gasteiger partial charge in [0.2, 0.25) is 0 Å². The third kappa shape index (κ3) is 3.38. The molecular weight excluding hydrogens is 220 g/mol. The molecule has 0 aromatic heterocycles. The second kappa shape index (κ2) is 5.71. The van der Waals surface area contributed by atoms with Crippen LogP contribution in [0, 0.1) is 5.92 Å². The minimum Gasteiger partial charge on any atom is -0.279 e. The number of nitrogens with zero attached hydrogens (tertiary/aromatic N) is 1. The fraction of sp³-hybridized carbons (Fsp3) is 0.308. The lowest BCUT2D eigenvalue weighted by molar-refractivity contribution is 0.627. The molecule has 0 aliphatic heterocycles. The summed E-state index contributed by atoms with van der Waals surface area (Å²) in [6, 6.07) is 7.53. The monoisotopic (exact) mass is 234 g/mol. The number of hydrogen-bond acceptors (Lipinski definition) is 2. The van der Waals surface area contributed by atoms with Crippen LogP contribution >= 0.6 is 11.6 Å². The van der Waals surface area contributed by atoms with Gasteiger partial charge in [0.25, 0.3) is 0 Å². The highest BCUT2D eigenvalue weighted by Crippen LogP contribution is 2.16. The number of allylic oxidation sites excluding steroid dienone is 2. The highest BCUT2D eigenvalue weighted by Gasteiger charge is 2.05. The van der Waals surface area contributed by atoms with Crippen LogP contribution in [-0.2, 0) is 0 Å². The topological polar surface area (TPSA) is 24.4 Å². The summed E-state index contributed by atoms with van der Waals surface area (Å²) in [4.78, 5) is 0. The van der Waals surface area contributed by atoms with Gasteiger partial charge in [-0.3, -0.25) is 5.43 Å². The van der Waals surface area contributed by atoms with Gasteiger partial charge in [-0.05, 0) is 49.4 Å². The second-order valence-electron chi connectivity index (χ2n) is 3.94. The first-order chi connectivity index (χ1) is 7.84. The molecule has 1 aliphatic rings. The highest BCUT2D eigenvalue weighted by atomic mass is 35.5. The maximum Gasteiger partial charge on any atom is 0.0562 e. The van der Waals surface area contributed by atoms with Gasteiger partial charge in [0.1, 0.15) is 0 Å². The highest BCUT2D eigenvalue weighted by molar-refractivity contribution is 6.30. The van der Waals surface area contributed by atoms with Gasteiger partial charge in [0.15, 0.2) is 0 Å². The number of rotatable bonds is 3. The zero-order chi connectivity index (χ0) is 11.2. The van der Waals surface area contributed by atoms with Crippen molar-refractivity contribution in [2.24, 2.45) is 11.0 Å². The van der Waals surface area contributed by atoms with Gasteiger partial charge < -0.3 is 0 Å². The standard InChI is InChI=1S/C13H15ClN2/c14-12-6-8-13(9-7-12)16-15-10-11-4-2-1-3-5-11/h1-2,6-11,16H,3-5H2. The third-order valence-electron chi connectivity index (χ3n) is 2.63. The van der Waals surface area contributed by atoms with E-state index in [-0.39, 0.29) is 0 Å². The fourth-order valence-corrected chi connectivity index (χ4v) is 1.82. The van der Waals surface area contributed by atoms with Gasteiger partial charge in [0.05, 0.1) is 5.69 Å². The molecule has 0 saturated carbocycles. The number of nitrogens with one attached hydrogen (secondary N) is 1. The van der Waals surface area contributed by atoms with Gasteiger partial charge in [-0.15, -0.1) is 0 Å². The van der Waals surface area contributed by atoms with E-state index in [1.165, 1.54) is 6.42 Å². The van der Waals surface area contributed by atoms with E-state index in [0.717, 1.165) is 23.6 Å². The average molecular weight is 235 g/mol. The Morgan fingerprint density at radius 1 is 1.25 bits per heavy atom. The molecule has 0 radical (unpaired) electrons. The van der Waals surface area contributed by atoms with E-state index in [9.17, 15) is 0 Å². The fourth-order valence-electron chi connectivity index (χ4n) is 1.69. The molecule has 0 spiro atoms. The van der Waals surface area contributed by atoms with Crippen molar-refractivity contribution in [1.29, 1.82) is 0 Å². The molecule has 2 rings (SSSR count). The van der Waals surface area contributed by atoms with Crippen LogP contribution in [0.4, 0.5) is 5.69 Å². The van der Waals surface area contributed by atoms with Gasteiger partial charge in [0, 0.05) is 11.2 Å². The molecule has 1 aliphatic carbocycles. The Morgan fingerprint density at radius 2 is 2.06 bits per heavy atom. The van der Waals surface area contributed by atoms with Crippen molar-refractivity contribution in [2.75, 3.05) is 5.43 Å². The molecule has 2 nitrogen and oxygen atoms in total. The molecule has 84 valence electrons. The summed E-state index contributed by atoms with van der Waals surface area (Å²) in [7, 11) is 0. The minimum absolute atomic E-state index is 0.574. The average Bonchev–Trinajstić information content (AvgIpc) is 2.33. The maximum absolute atomic E-state index is 5.79. The van der Waals surface area contributed by atoms with Crippen LogP contribution in [0.15, 0.2) is 41.5 Å². The summed E-state index contributed by atoms with van der Waals surface area (Å²) in [5, 5.41) is 4.99. The zero-order valence-corrected chi connectivity index (χ0v) is 9.82. The summed E-state index contributed by atoms with van der Waals surface area (Å²) < 4.78 is 0. The van der Waals surface area contributed by atoms with E-state index >= 15 is 0 Å². The normalized spacial score (nSPS) is 20.2. The Hall–Kier alpha value is -1.28. The lowest BCUT2D eigenvalue weighted by atomic mass is 9.96. The molecule has 16 heavy (non-hydrogen) atoms. The Bertz CT molecular complexity index is 381. The van der Waals surface area contributed by atoms with Gasteiger partial charge in [-0.1, -0.05) is 23.8 Å². The number of anilines is 1. The molecule has 0 saturated heterocycles. The van der Waals surface area contributed by atoms with Crippen molar-refractivity contribution in [3.8, 4) is 0 Å². The van der Waals surface area contributed by atoms with E-state index in [1.807, 2.05) is 30.5 Å². The lowest BCUT2D eigenvalue weighted by Crippen LogP contribution is -2.04. The van der Waals surface area contributed by atoms with Crippen LogP contribution in [0.25, 0.3) is 0 Å². The molecule has 1 unspecified atom stereocenters. The molecule has 0 heterocycles. The van der Waals surface area contributed by atoms with Crippen LogP contribution < -0.4 is 5.43 Å². The van der Waals surface area contributed by atoms with E-state index in [4.69, 9.17) is 11.6 Å². The van der Waals surface area contributed by atoms with Crippen molar-refractivity contribution in [1.82, 2.24) is 0 Å². The first-order valence-electron chi connectivity index (χ1n) is 5.54. The summed E-state index contributed by atoms with van der Waals surface area (Å²) in [6.07, 6.45) is 9.92. The summed E-state index contributed by atoms with van der Waals surface area (Å²) in [6.45, 7) is 0. The molecule has 0 bridgehead atoms. The molecule has 1 N–H and O–H groups in total. The van der Waals surface area contributed by atoms with Crippen LogP contribution in [0.3, 0.4) is 0 Å². The summed E-state index contributed by atoms with van der Waals surface area (Å²) in [5.41, 5.74) is 3.97. The van der Waals surface area contributed by atoms with E-state index in [0.29, 0.717) is 5.92 Å². The quantitative estimate of drug-likeness (QED) is 0.475. The van der Waals surface area contributed by atoms with E-state index in [1.54, 1.807) is 0 Å². The first kappa shape index (κ1) is 11.2. The number of benzene rings is 1. The van der Waals surface area contributed by atoms with Crippen LogP contribution in [-0.4, -0.2) is 6.21 Å². The molecule has 0 fully saturated rings. The molecule has 1 aromatic carbocycles. The summed E-state index contributed by atoms with van der Waals surface area (Å²) >= 11 is 5.79. The van der Waals surface area contributed by atoms with Gasteiger partial charge >= 0.3 is 0 Å². The maximum atomic E-state index is 5.79. The van der Waals surface area contributed by atoms with Crippen LogP contribution in [0.5, 0.6) is 0 Å². The third-order valence-corrected chi connectivity index (χ3v) is 2.88. The Kier molecular flexibility index (Phi) is 4.00. The van der Waals surface area contributed by atoms with Gasteiger partial charge in [-0.2, -0.15) is 5.10 Å². The molecular formula is C13H15ClN2. The number of hydrazone groups is 1. The Morgan fingerprint density at radius 3 is 2.75 bits per heavy atom. The number of hydrogen-bond donors (Lipinski definition) is 1. The summed E-state index contributed by atoms with van der Waals surface area (Å²) in [5.74, 6) is 0.574. The second-order valence-corrected chi connectivity index (χ2v) is 4.38. The van der Waals surface area contributed by atoms with Crippen molar-refractivity contribution in [2.45, 2.75) is 19.3 Å². The smallest absolute Gasteiger partial charge is 0.0562 e. The minimum atomic E-state index is 0.574. The largest absolute Gasteiger partial charge is 0.279 e. The first-order valence-corrected chi connectivity index (χ1v) is 5.92.